The quantitative estimate of drug-likeness (QED) is 0.150. The highest BCUT2D eigenvalue weighted by atomic mass is 16.5. The Balaban J connectivity index is 1.50. The fourth-order valence-electron chi connectivity index (χ4n) is 4.04. The Bertz CT molecular complexity index is 953. The van der Waals surface area contributed by atoms with E-state index in [9.17, 15) is 4.79 Å². The van der Waals surface area contributed by atoms with Gasteiger partial charge in [-0.25, -0.2) is 4.79 Å². The zero-order valence-electron chi connectivity index (χ0n) is 20.3. The standard InChI is InChI=1S/C31H38O2/c1-3-5-7-8-9-10-12-26-13-17-27(18-14-26)28-19-21-29(22-20-28)31(32)33-30-23-15-25(16-24-30)11-6-4-2/h13-24H,3-12H2,1-2H3. The van der Waals surface area contributed by atoms with Gasteiger partial charge in [0.2, 0.25) is 0 Å². The molecule has 0 aliphatic rings. The van der Waals surface area contributed by atoms with Gasteiger partial charge < -0.3 is 4.74 Å². The summed E-state index contributed by atoms with van der Waals surface area (Å²) >= 11 is 0. The highest BCUT2D eigenvalue weighted by Gasteiger charge is 2.09. The van der Waals surface area contributed by atoms with Crippen LogP contribution in [0.25, 0.3) is 11.1 Å². The van der Waals surface area contributed by atoms with Gasteiger partial charge in [0.25, 0.3) is 0 Å². The summed E-state index contributed by atoms with van der Waals surface area (Å²) in [6.07, 6.45) is 12.5. The molecule has 0 atom stereocenters. The van der Waals surface area contributed by atoms with Gasteiger partial charge in [-0.1, -0.05) is 101 Å². The van der Waals surface area contributed by atoms with E-state index in [1.807, 2.05) is 48.5 Å². The number of hydrogen-bond acceptors (Lipinski definition) is 2. The van der Waals surface area contributed by atoms with Crippen LogP contribution in [-0.2, 0) is 12.8 Å². The van der Waals surface area contributed by atoms with Crippen molar-refractivity contribution in [1.82, 2.24) is 0 Å². The Labute approximate surface area is 200 Å². The molecule has 0 N–H and O–H groups in total. The number of carbonyl (C=O) groups excluding carboxylic acids is 1. The van der Waals surface area contributed by atoms with E-state index in [4.69, 9.17) is 4.74 Å². The minimum Gasteiger partial charge on any atom is -0.423 e. The summed E-state index contributed by atoms with van der Waals surface area (Å²) in [7, 11) is 0. The summed E-state index contributed by atoms with van der Waals surface area (Å²) in [5, 5.41) is 0. The Morgan fingerprint density at radius 2 is 1.06 bits per heavy atom. The molecule has 0 radical (unpaired) electrons. The van der Waals surface area contributed by atoms with Gasteiger partial charge in [-0.2, -0.15) is 0 Å². The predicted molar refractivity (Wildman–Crippen MR) is 139 cm³/mol. The Morgan fingerprint density at radius 1 is 0.576 bits per heavy atom. The molecular weight excluding hydrogens is 404 g/mol. The molecule has 0 aliphatic carbocycles. The summed E-state index contributed by atoms with van der Waals surface area (Å²) < 4.78 is 5.55. The third-order valence-corrected chi connectivity index (χ3v) is 6.18. The van der Waals surface area contributed by atoms with Gasteiger partial charge in [0.1, 0.15) is 5.75 Å². The van der Waals surface area contributed by atoms with Crippen molar-refractivity contribution in [3.63, 3.8) is 0 Å². The highest BCUT2D eigenvalue weighted by molar-refractivity contribution is 5.91. The average molecular weight is 443 g/mol. The molecule has 0 saturated heterocycles. The minimum absolute atomic E-state index is 0.322. The topological polar surface area (TPSA) is 26.3 Å². The number of ether oxygens (including phenoxy) is 1. The molecule has 0 fully saturated rings. The van der Waals surface area contributed by atoms with Crippen LogP contribution in [0.4, 0.5) is 0 Å². The minimum atomic E-state index is -0.322. The normalized spacial score (nSPS) is 10.8. The van der Waals surface area contributed by atoms with E-state index in [1.54, 1.807) is 0 Å². The van der Waals surface area contributed by atoms with Crippen LogP contribution in [0, 0.1) is 0 Å². The number of esters is 1. The van der Waals surface area contributed by atoms with Crippen LogP contribution < -0.4 is 4.74 Å². The molecule has 3 aromatic rings. The maximum absolute atomic E-state index is 12.5. The van der Waals surface area contributed by atoms with E-state index in [1.165, 1.54) is 68.1 Å². The fraction of sp³-hybridized carbons (Fsp3) is 0.387. The van der Waals surface area contributed by atoms with Crippen molar-refractivity contribution < 1.29 is 9.53 Å². The SMILES string of the molecule is CCCCCCCCc1ccc(-c2ccc(C(=O)Oc3ccc(CCCC)cc3)cc2)cc1. The summed E-state index contributed by atoms with van der Waals surface area (Å²) in [6.45, 7) is 4.45. The molecule has 0 heterocycles. The maximum Gasteiger partial charge on any atom is 0.343 e. The second-order valence-electron chi connectivity index (χ2n) is 8.93. The third-order valence-electron chi connectivity index (χ3n) is 6.18. The lowest BCUT2D eigenvalue weighted by atomic mass is 10.00. The van der Waals surface area contributed by atoms with Gasteiger partial charge in [-0.05, 0) is 72.2 Å². The molecule has 0 spiro atoms. The first kappa shape index (κ1) is 24.8. The van der Waals surface area contributed by atoms with Crippen LogP contribution in [0.3, 0.4) is 0 Å². The van der Waals surface area contributed by atoms with Crippen LogP contribution >= 0.6 is 0 Å². The van der Waals surface area contributed by atoms with E-state index in [2.05, 4.69) is 38.1 Å². The smallest absolute Gasteiger partial charge is 0.343 e. The van der Waals surface area contributed by atoms with E-state index in [0.717, 1.165) is 18.4 Å². The third kappa shape index (κ3) is 8.20. The highest BCUT2D eigenvalue weighted by Crippen LogP contribution is 2.22. The molecule has 2 nitrogen and oxygen atoms in total. The predicted octanol–water partition coefficient (Wildman–Crippen LogP) is 8.82. The molecule has 0 unspecified atom stereocenters. The van der Waals surface area contributed by atoms with Crippen LogP contribution in [0.1, 0.15) is 86.7 Å². The van der Waals surface area contributed by atoms with Crippen molar-refractivity contribution in [1.29, 1.82) is 0 Å². The summed E-state index contributed by atoms with van der Waals surface area (Å²) in [5.41, 5.74) is 5.52. The molecule has 0 aromatic heterocycles. The van der Waals surface area contributed by atoms with Crippen molar-refractivity contribution in [2.24, 2.45) is 0 Å². The lowest BCUT2D eigenvalue weighted by Gasteiger charge is -2.08. The van der Waals surface area contributed by atoms with Crippen molar-refractivity contribution in [2.45, 2.75) is 78.1 Å². The number of unbranched alkanes of at least 4 members (excludes halogenated alkanes) is 6. The first-order valence-corrected chi connectivity index (χ1v) is 12.7. The Kier molecular flexibility index (Phi) is 10.2. The summed E-state index contributed by atoms with van der Waals surface area (Å²) in [6, 6.07) is 24.3. The molecule has 33 heavy (non-hydrogen) atoms. The number of benzene rings is 3. The number of hydrogen-bond donors (Lipinski definition) is 0. The second kappa shape index (κ2) is 13.6. The van der Waals surface area contributed by atoms with Crippen LogP contribution in [0.5, 0.6) is 5.75 Å². The summed E-state index contributed by atoms with van der Waals surface area (Å²) in [4.78, 5) is 12.5. The molecule has 2 heteroatoms. The van der Waals surface area contributed by atoms with Gasteiger partial charge in [-0.15, -0.1) is 0 Å². The molecule has 3 aromatic carbocycles. The van der Waals surface area contributed by atoms with Gasteiger partial charge in [0.15, 0.2) is 0 Å². The van der Waals surface area contributed by atoms with E-state index in [-0.39, 0.29) is 5.97 Å². The lowest BCUT2D eigenvalue weighted by molar-refractivity contribution is 0.0734. The number of carbonyl (C=O) groups is 1. The van der Waals surface area contributed by atoms with Crippen LogP contribution in [0.15, 0.2) is 72.8 Å². The lowest BCUT2D eigenvalue weighted by Crippen LogP contribution is -2.08. The van der Waals surface area contributed by atoms with Crippen molar-refractivity contribution in [3.8, 4) is 16.9 Å². The van der Waals surface area contributed by atoms with E-state index >= 15 is 0 Å². The van der Waals surface area contributed by atoms with Crippen molar-refractivity contribution >= 4 is 5.97 Å². The van der Waals surface area contributed by atoms with E-state index in [0.29, 0.717) is 11.3 Å². The Hall–Kier alpha value is -2.87. The first-order chi connectivity index (χ1) is 16.2. The molecule has 174 valence electrons. The summed E-state index contributed by atoms with van der Waals surface area (Å²) in [5.74, 6) is 0.266. The molecule has 0 saturated carbocycles. The molecular formula is C31H38O2. The maximum atomic E-state index is 12.5. The fourth-order valence-corrected chi connectivity index (χ4v) is 4.04. The largest absolute Gasteiger partial charge is 0.423 e. The van der Waals surface area contributed by atoms with Crippen LogP contribution in [-0.4, -0.2) is 5.97 Å². The van der Waals surface area contributed by atoms with Gasteiger partial charge in [-0.3, -0.25) is 0 Å². The number of aryl methyl sites for hydroxylation is 2. The first-order valence-electron chi connectivity index (χ1n) is 12.7. The van der Waals surface area contributed by atoms with Gasteiger partial charge in [0, 0.05) is 0 Å². The van der Waals surface area contributed by atoms with Gasteiger partial charge in [0.05, 0.1) is 5.56 Å². The van der Waals surface area contributed by atoms with Crippen molar-refractivity contribution in [3.05, 3.63) is 89.5 Å². The molecule has 0 amide bonds. The second-order valence-corrected chi connectivity index (χ2v) is 8.93. The molecule has 0 bridgehead atoms. The Morgan fingerprint density at radius 3 is 1.67 bits per heavy atom. The van der Waals surface area contributed by atoms with Crippen molar-refractivity contribution in [2.75, 3.05) is 0 Å². The monoisotopic (exact) mass is 442 g/mol. The molecule has 3 rings (SSSR count). The number of rotatable bonds is 13. The average Bonchev–Trinajstić information content (AvgIpc) is 2.86. The zero-order valence-corrected chi connectivity index (χ0v) is 20.3. The van der Waals surface area contributed by atoms with Crippen LogP contribution in [0.2, 0.25) is 0 Å². The molecule has 0 aliphatic heterocycles. The zero-order chi connectivity index (χ0) is 23.3. The van der Waals surface area contributed by atoms with E-state index < -0.39 is 0 Å². The van der Waals surface area contributed by atoms with Gasteiger partial charge >= 0.3 is 5.97 Å².